The minimum atomic E-state index is -0.907. The van der Waals surface area contributed by atoms with Crippen LogP contribution in [-0.2, 0) is 13.0 Å². The summed E-state index contributed by atoms with van der Waals surface area (Å²) in [5.41, 5.74) is 1.51. The predicted molar refractivity (Wildman–Crippen MR) is 112 cm³/mol. The Hall–Kier alpha value is -2.83. The first-order valence-electron chi connectivity index (χ1n) is 9.33. The molecule has 29 heavy (non-hydrogen) atoms. The molecule has 0 saturated heterocycles. The van der Waals surface area contributed by atoms with Crippen molar-refractivity contribution in [3.63, 3.8) is 0 Å². The van der Waals surface area contributed by atoms with Crippen LogP contribution in [0.3, 0.4) is 0 Å². The van der Waals surface area contributed by atoms with E-state index in [4.69, 9.17) is 16.0 Å². The van der Waals surface area contributed by atoms with Gasteiger partial charge in [-0.3, -0.25) is 0 Å². The van der Waals surface area contributed by atoms with E-state index >= 15 is 0 Å². The zero-order chi connectivity index (χ0) is 20.5. The highest BCUT2D eigenvalue weighted by atomic mass is 35.5. The largest absolute Gasteiger partial charge is 0.469 e. The fraction of sp³-hybridized carbons (Fsp3) is 0.227. The number of rotatable bonds is 8. The first kappa shape index (κ1) is 20.9. The van der Waals surface area contributed by atoms with E-state index in [1.807, 2.05) is 42.5 Å². The van der Waals surface area contributed by atoms with Gasteiger partial charge in [-0.2, -0.15) is 0 Å². The molecule has 0 aliphatic carbocycles. The number of nitrogens with zero attached hydrogens (tertiary/aromatic N) is 1. The lowest BCUT2D eigenvalue weighted by Crippen LogP contribution is -2.40. The Morgan fingerprint density at radius 2 is 1.93 bits per heavy atom. The first-order valence-corrected chi connectivity index (χ1v) is 9.71. The van der Waals surface area contributed by atoms with Crippen molar-refractivity contribution in [3.8, 4) is 0 Å². The fourth-order valence-corrected chi connectivity index (χ4v) is 2.84. The van der Waals surface area contributed by atoms with E-state index < -0.39 is 11.9 Å². The number of aliphatic hydroxyl groups is 1. The third-order valence-corrected chi connectivity index (χ3v) is 4.60. The van der Waals surface area contributed by atoms with Crippen LogP contribution in [0.4, 0.5) is 4.39 Å². The standard InChI is InChI=1S/C22H23ClFN3O2/c23-19-9-8-17(13-20(19)24)21(28)15-27-22(25-11-10-18-7-4-12-29-18)26-14-16-5-2-1-3-6-16/h1-9,12-13,21,28H,10-11,14-15H2,(H2,25,26,27). The van der Waals surface area contributed by atoms with E-state index in [-0.39, 0.29) is 11.6 Å². The maximum absolute atomic E-state index is 13.6. The zero-order valence-electron chi connectivity index (χ0n) is 15.8. The average molecular weight is 416 g/mol. The molecule has 152 valence electrons. The molecule has 1 heterocycles. The second-order valence-corrected chi connectivity index (χ2v) is 6.88. The average Bonchev–Trinajstić information content (AvgIpc) is 3.25. The number of aliphatic imine (C=N–C) groups is 1. The number of halogens is 2. The van der Waals surface area contributed by atoms with Crippen molar-refractivity contribution >= 4 is 17.6 Å². The van der Waals surface area contributed by atoms with Crippen molar-refractivity contribution in [2.45, 2.75) is 19.1 Å². The molecule has 5 nitrogen and oxygen atoms in total. The summed E-state index contributed by atoms with van der Waals surface area (Å²) in [6, 6.07) is 17.9. The van der Waals surface area contributed by atoms with Crippen LogP contribution in [0.5, 0.6) is 0 Å². The maximum Gasteiger partial charge on any atom is 0.191 e. The number of aliphatic hydroxyl groups excluding tert-OH is 1. The van der Waals surface area contributed by atoms with Crippen molar-refractivity contribution in [1.82, 2.24) is 10.6 Å². The lowest BCUT2D eigenvalue weighted by molar-refractivity contribution is 0.180. The van der Waals surface area contributed by atoms with Crippen LogP contribution in [-0.4, -0.2) is 24.2 Å². The van der Waals surface area contributed by atoms with E-state index in [1.165, 1.54) is 12.1 Å². The van der Waals surface area contributed by atoms with Crippen molar-refractivity contribution < 1.29 is 13.9 Å². The van der Waals surface area contributed by atoms with Gasteiger partial charge in [-0.25, -0.2) is 9.38 Å². The van der Waals surface area contributed by atoms with Gasteiger partial charge in [0, 0.05) is 19.5 Å². The number of hydrogen-bond acceptors (Lipinski definition) is 3. The molecule has 0 fully saturated rings. The summed E-state index contributed by atoms with van der Waals surface area (Å²) in [7, 11) is 0. The van der Waals surface area contributed by atoms with Gasteiger partial charge in [-0.15, -0.1) is 0 Å². The summed E-state index contributed by atoms with van der Waals surface area (Å²) in [5.74, 6) is 0.864. The minimum absolute atomic E-state index is 0.0265. The molecule has 1 aromatic heterocycles. The lowest BCUT2D eigenvalue weighted by Gasteiger charge is -2.16. The lowest BCUT2D eigenvalue weighted by atomic mass is 10.1. The van der Waals surface area contributed by atoms with E-state index in [2.05, 4.69) is 15.6 Å². The number of guanidine groups is 1. The Kier molecular flexibility index (Phi) is 7.67. The first-order chi connectivity index (χ1) is 14.1. The molecule has 3 rings (SSSR count). The van der Waals surface area contributed by atoms with E-state index in [0.29, 0.717) is 31.0 Å². The van der Waals surface area contributed by atoms with Crippen LogP contribution >= 0.6 is 11.6 Å². The Labute approximate surface area is 174 Å². The molecule has 3 N–H and O–H groups in total. The molecule has 0 bridgehead atoms. The molecule has 0 aliphatic rings. The van der Waals surface area contributed by atoms with Gasteiger partial charge >= 0.3 is 0 Å². The maximum atomic E-state index is 13.6. The fourth-order valence-electron chi connectivity index (χ4n) is 2.72. The molecule has 0 amide bonds. The highest BCUT2D eigenvalue weighted by molar-refractivity contribution is 6.30. The van der Waals surface area contributed by atoms with Crippen molar-refractivity contribution in [2.24, 2.45) is 4.99 Å². The SMILES string of the molecule is OC(CNC(=NCc1ccccc1)NCCc1ccco1)c1ccc(Cl)c(F)c1. The molecule has 1 unspecified atom stereocenters. The second kappa shape index (κ2) is 10.6. The van der Waals surface area contributed by atoms with Gasteiger partial charge < -0.3 is 20.2 Å². The minimum Gasteiger partial charge on any atom is -0.469 e. The summed E-state index contributed by atoms with van der Waals surface area (Å²) in [4.78, 5) is 4.57. The molecular formula is C22H23ClFN3O2. The molecule has 2 aromatic carbocycles. The van der Waals surface area contributed by atoms with Crippen LogP contribution < -0.4 is 10.6 Å². The Balaban J connectivity index is 1.60. The molecular weight excluding hydrogens is 393 g/mol. The van der Waals surface area contributed by atoms with Gasteiger partial charge in [-0.05, 0) is 35.4 Å². The Morgan fingerprint density at radius 1 is 1.10 bits per heavy atom. The topological polar surface area (TPSA) is 69.8 Å². The van der Waals surface area contributed by atoms with Crippen LogP contribution in [0.15, 0.2) is 76.3 Å². The summed E-state index contributed by atoms with van der Waals surface area (Å²) in [6.07, 6.45) is 1.43. The van der Waals surface area contributed by atoms with Crippen LogP contribution in [0, 0.1) is 5.82 Å². The van der Waals surface area contributed by atoms with E-state index in [0.717, 1.165) is 11.3 Å². The van der Waals surface area contributed by atoms with Crippen LogP contribution in [0.25, 0.3) is 0 Å². The van der Waals surface area contributed by atoms with Crippen molar-refractivity contribution in [2.75, 3.05) is 13.1 Å². The predicted octanol–water partition coefficient (Wildman–Crippen LogP) is 4.08. The summed E-state index contributed by atoms with van der Waals surface area (Å²) in [6.45, 7) is 1.27. The number of nitrogens with one attached hydrogen (secondary N) is 2. The quantitative estimate of drug-likeness (QED) is 0.383. The number of hydrogen-bond donors (Lipinski definition) is 3. The summed E-state index contributed by atoms with van der Waals surface area (Å²) >= 11 is 5.70. The number of benzene rings is 2. The third kappa shape index (κ3) is 6.62. The molecule has 0 saturated carbocycles. The van der Waals surface area contributed by atoms with Gasteiger partial charge in [0.15, 0.2) is 5.96 Å². The van der Waals surface area contributed by atoms with Crippen LogP contribution in [0.1, 0.15) is 23.0 Å². The van der Waals surface area contributed by atoms with Crippen LogP contribution in [0.2, 0.25) is 5.02 Å². The normalized spacial score (nSPS) is 12.6. The smallest absolute Gasteiger partial charge is 0.191 e. The third-order valence-electron chi connectivity index (χ3n) is 4.30. The van der Waals surface area contributed by atoms with Gasteiger partial charge in [-0.1, -0.05) is 48.0 Å². The number of furan rings is 1. The monoisotopic (exact) mass is 415 g/mol. The Morgan fingerprint density at radius 3 is 2.66 bits per heavy atom. The molecule has 0 radical (unpaired) electrons. The second-order valence-electron chi connectivity index (χ2n) is 6.48. The van der Waals surface area contributed by atoms with E-state index in [9.17, 15) is 9.50 Å². The zero-order valence-corrected chi connectivity index (χ0v) is 16.6. The Bertz CT molecular complexity index is 917. The van der Waals surface area contributed by atoms with Gasteiger partial charge in [0.1, 0.15) is 11.6 Å². The molecule has 0 aliphatic heterocycles. The highest BCUT2D eigenvalue weighted by Crippen LogP contribution is 2.19. The van der Waals surface area contributed by atoms with E-state index in [1.54, 1.807) is 12.3 Å². The molecule has 3 aromatic rings. The molecule has 0 spiro atoms. The molecule has 7 heteroatoms. The summed E-state index contributed by atoms with van der Waals surface area (Å²) < 4.78 is 19.0. The van der Waals surface area contributed by atoms with Crippen molar-refractivity contribution in [3.05, 3.63) is 94.7 Å². The van der Waals surface area contributed by atoms with Gasteiger partial charge in [0.05, 0.1) is 23.9 Å². The van der Waals surface area contributed by atoms with Crippen molar-refractivity contribution in [1.29, 1.82) is 0 Å². The molecule has 1 atom stereocenters. The summed E-state index contributed by atoms with van der Waals surface area (Å²) in [5, 5.41) is 16.7. The van der Waals surface area contributed by atoms with Gasteiger partial charge in [0.2, 0.25) is 0 Å². The van der Waals surface area contributed by atoms with Gasteiger partial charge in [0.25, 0.3) is 0 Å². The highest BCUT2D eigenvalue weighted by Gasteiger charge is 2.11.